The highest BCUT2D eigenvalue weighted by Gasteiger charge is 2.22. The fourth-order valence-electron chi connectivity index (χ4n) is 0.494. The zero-order valence-corrected chi connectivity index (χ0v) is 8.88. The van der Waals surface area contributed by atoms with Crippen molar-refractivity contribution in [2.45, 2.75) is 45.0 Å². The van der Waals surface area contributed by atoms with Crippen molar-refractivity contribution in [3.8, 4) is 0 Å². The monoisotopic (exact) mass is 174 g/mol. The summed E-state index contributed by atoms with van der Waals surface area (Å²) < 4.78 is 0.136. The Kier molecular flexibility index (Phi) is 3.21. The van der Waals surface area contributed by atoms with E-state index in [1.54, 1.807) is 25.6 Å². The predicted molar refractivity (Wildman–Crippen MR) is 52.8 cm³/mol. The maximum Gasteiger partial charge on any atom is 0.0892 e. The molecule has 0 unspecified atom stereocenters. The van der Waals surface area contributed by atoms with Crippen LogP contribution in [0.1, 0.15) is 34.6 Å². The van der Waals surface area contributed by atoms with Crippen molar-refractivity contribution in [3.63, 3.8) is 0 Å². The zero-order valence-electron chi connectivity index (χ0n) is 8.06. The molecule has 0 radical (unpaired) electrons. The highest BCUT2D eigenvalue weighted by atomic mass is 32.2. The van der Waals surface area contributed by atoms with Crippen LogP contribution in [0.4, 0.5) is 0 Å². The third-order valence-electron chi connectivity index (χ3n) is 1.11. The van der Waals surface area contributed by atoms with Gasteiger partial charge in [-0.2, -0.15) is 0 Å². The Bertz CT molecular complexity index is 148. The van der Waals surface area contributed by atoms with Crippen LogP contribution in [-0.4, -0.2) is 15.5 Å². The molecular weight excluding hydrogens is 156 g/mol. The Labute approximate surface area is 73.9 Å². The molecule has 0 fully saturated rings. The molecule has 11 heavy (non-hydrogen) atoms. The van der Waals surface area contributed by atoms with Gasteiger partial charge in [0.25, 0.3) is 0 Å². The maximum absolute atomic E-state index is 9.53. The van der Waals surface area contributed by atoms with Gasteiger partial charge in [-0.15, -0.1) is 11.8 Å². The smallest absolute Gasteiger partial charge is 0.0892 e. The standard InChI is InChI=1S/C9H18OS/c1-7(9(5,6)10)11-8(2,3)4/h10H,1H2,2-6H3. The van der Waals surface area contributed by atoms with Crippen LogP contribution in [0.5, 0.6) is 0 Å². The Morgan fingerprint density at radius 3 is 1.64 bits per heavy atom. The van der Waals surface area contributed by atoms with Crippen LogP contribution in [0.25, 0.3) is 0 Å². The van der Waals surface area contributed by atoms with Gasteiger partial charge in [0.05, 0.1) is 5.60 Å². The van der Waals surface area contributed by atoms with Gasteiger partial charge in [-0.1, -0.05) is 27.4 Å². The quantitative estimate of drug-likeness (QED) is 0.694. The summed E-state index contributed by atoms with van der Waals surface area (Å²) >= 11 is 1.62. The lowest BCUT2D eigenvalue weighted by molar-refractivity contribution is 0.129. The molecule has 0 aromatic carbocycles. The lowest BCUT2D eigenvalue weighted by atomic mass is 10.1. The summed E-state index contributed by atoms with van der Waals surface area (Å²) in [6.07, 6.45) is 0. The van der Waals surface area contributed by atoms with E-state index >= 15 is 0 Å². The third kappa shape index (κ3) is 5.33. The fraction of sp³-hybridized carbons (Fsp3) is 0.778. The van der Waals surface area contributed by atoms with Crippen molar-refractivity contribution in [2.24, 2.45) is 0 Å². The van der Waals surface area contributed by atoms with Crippen LogP contribution in [0, 0.1) is 0 Å². The molecule has 0 spiro atoms. The third-order valence-corrected chi connectivity index (χ3v) is 2.47. The Morgan fingerprint density at radius 1 is 1.18 bits per heavy atom. The highest BCUT2D eigenvalue weighted by molar-refractivity contribution is 8.04. The number of hydrogen-bond acceptors (Lipinski definition) is 2. The first-order chi connectivity index (χ1) is 4.63. The van der Waals surface area contributed by atoms with Crippen LogP contribution in [0.15, 0.2) is 11.5 Å². The summed E-state index contributed by atoms with van der Waals surface area (Å²) in [5.41, 5.74) is -0.766. The minimum absolute atomic E-state index is 0.136. The van der Waals surface area contributed by atoms with E-state index in [1.807, 2.05) is 0 Å². The first kappa shape index (κ1) is 11.1. The number of rotatable bonds is 2. The van der Waals surface area contributed by atoms with E-state index in [2.05, 4.69) is 27.4 Å². The lowest BCUT2D eigenvalue weighted by Gasteiger charge is -2.26. The summed E-state index contributed by atoms with van der Waals surface area (Å²) in [7, 11) is 0. The van der Waals surface area contributed by atoms with Crippen LogP contribution in [-0.2, 0) is 0 Å². The summed E-state index contributed by atoms with van der Waals surface area (Å²) in [5, 5.41) is 9.53. The van der Waals surface area contributed by atoms with E-state index in [9.17, 15) is 5.11 Å². The molecule has 2 heteroatoms. The second-order valence-electron chi connectivity index (χ2n) is 4.20. The minimum atomic E-state index is -0.766. The molecule has 1 nitrogen and oxygen atoms in total. The van der Waals surface area contributed by atoms with Gasteiger partial charge >= 0.3 is 0 Å². The van der Waals surface area contributed by atoms with E-state index in [0.29, 0.717) is 0 Å². The van der Waals surface area contributed by atoms with Gasteiger partial charge in [-0.3, -0.25) is 0 Å². The van der Waals surface area contributed by atoms with Gasteiger partial charge in [0, 0.05) is 9.65 Å². The molecule has 1 N–H and O–H groups in total. The molecule has 0 saturated heterocycles. The molecule has 0 aliphatic rings. The van der Waals surface area contributed by atoms with Crippen molar-refractivity contribution in [3.05, 3.63) is 11.5 Å². The average molecular weight is 174 g/mol. The Morgan fingerprint density at radius 2 is 1.55 bits per heavy atom. The van der Waals surface area contributed by atoms with Gasteiger partial charge in [-0.05, 0) is 13.8 Å². The molecule has 0 rings (SSSR count). The van der Waals surface area contributed by atoms with E-state index in [4.69, 9.17) is 0 Å². The molecule has 0 atom stereocenters. The summed E-state index contributed by atoms with van der Waals surface area (Å²) in [6.45, 7) is 13.7. The van der Waals surface area contributed by atoms with E-state index in [-0.39, 0.29) is 4.75 Å². The topological polar surface area (TPSA) is 20.2 Å². The van der Waals surface area contributed by atoms with Gasteiger partial charge in [0.2, 0.25) is 0 Å². The molecule has 0 aliphatic heterocycles. The zero-order chi connectivity index (χ0) is 9.28. The van der Waals surface area contributed by atoms with Crippen LogP contribution < -0.4 is 0 Å². The van der Waals surface area contributed by atoms with Crippen LogP contribution in [0.2, 0.25) is 0 Å². The fourth-order valence-corrected chi connectivity index (χ4v) is 1.48. The predicted octanol–water partition coefficient (Wildman–Crippen LogP) is 2.80. The summed E-state index contributed by atoms with van der Waals surface area (Å²) in [4.78, 5) is 0.824. The largest absolute Gasteiger partial charge is 0.385 e. The van der Waals surface area contributed by atoms with Crippen LogP contribution in [0.3, 0.4) is 0 Å². The summed E-state index contributed by atoms with van der Waals surface area (Å²) in [6, 6.07) is 0. The Balaban J connectivity index is 4.11. The molecule has 0 aliphatic carbocycles. The molecule has 0 heterocycles. The number of thioether (sulfide) groups is 1. The number of aliphatic hydroxyl groups is 1. The van der Waals surface area contributed by atoms with Crippen molar-refractivity contribution < 1.29 is 5.11 Å². The molecule has 0 aromatic rings. The number of hydrogen-bond donors (Lipinski definition) is 1. The molecule has 66 valence electrons. The van der Waals surface area contributed by atoms with Gasteiger partial charge in [0.15, 0.2) is 0 Å². The van der Waals surface area contributed by atoms with Crippen LogP contribution >= 0.6 is 11.8 Å². The van der Waals surface area contributed by atoms with E-state index < -0.39 is 5.60 Å². The SMILES string of the molecule is C=C(SC(C)(C)C)C(C)(C)O. The second kappa shape index (κ2) is 3.20. The molecular formula is C9H18OS. The lowest BCUT2D eigenvalue weighted by Crippen LogP contribution is -2.22. The van der Waals surface area contributed by atoms with Crippen molar-refractivity contribution >= 4 is 11.8 Å². The maximum atomic E-state index is 9.53. The average Bonchev–Trinajstić information content (AvgIpc) is 1.56. The molecule has 0 aromatic heterocycles. The van der Waals surface area contributed by atoms with Crippen molar-refractivity contribution in [2.75, 3.05) is 0 Å². The minimum Gasteiger partial charge on any atom is -0.385 e. The highest BCUT2D eigenvalue weighted by Crippen LogP contribution is 2.35. The molecule has 0 saturated carbocycles. The first-order valence-corrected chi connectivity index (χ1v) is 4.55. The van der Waals surface area contributed by atoms with Crippen molar-refractivity contribution in [1.29, 1.82) is 0 Å². The molecule has 0 amide bonds. The van der Waals surface area contributed by atoms with E-state index in [1.165, 1.54) is 0 Å². The van der Waals surface area contributed by atoms with E-state index in [0.717, 1.165) is 4.91 Å². The van der Waals surface area contributed by atoms with Gasteiger partial charge < -0.3 is 5.11 Å². The van der Waals surface area contributed by atoms with Crippen molar-refractivity contribution in [1.82, 2.24) is 0 Å². The first-order valence-electron chi connectivity index (χ1n) is 3.74. The normalized spacial score (nSPS) is 13.3. The summed E-state index contributed by atoms with van der Waals surface area (Å²) in [5.74, 6) is 0. The molecule has 0 bridgehead atoms. The van der Waals surface area contributed by atoms with Gasteiger partial charge in [-0.25, -0.2) is 0 Å². The van der Waals surface area contributed by atoms with Gasteiger partial charge in [0.1, 0.15) is 0 Å². The Hall–Kier alpha value is 0.0500. The second-order valence-corrected chi connectivity index (χ2v) is 6.12.